The summed E-state index contributed by atoms with van der Waals surface area (Å²) in [7, 11) is 1.85. The summed E-state index contributed by atoms with van der Waals surface area (Å²) >= 11 is 1.61. The lowest BCUT2D eigenvalue weighted by molar-refractivity contribution is 0.443. The molecule has 0 amide bonds. The number of aromatic nitrogens is 2. The summed E-state index contributed by atoms with van der Waals surface area (Å²) in [5, 5.41) is 17.8. The van der Waals surface area contributed by atoms with Gasteiger partial charge in [-0.15, -0.1) is 5.10 Å². The first-order chi connectivity index (χ1) is 7.29. The Balaban J connectivity index is 2.07. The van der Waals surface area contributed by atoms with Gasteiger partial charge in [-0.2, -0.15) is 11.3 Å². The molecule has 1 unspecified atom stereocenters. The van der Waals surface area contributed by atoms with E-state index in [2.05, 4.69) is 20.8 Å². The summed E-state index contributed by atoms with van der Waals surface area (Å²) in [5.74, 6) is 0.579. The van der Waals surface area contributed by atoms with Crippen molar-refractivity contribution in [3.05, 3.63) is 22.7 Å². The minimum absolute atomic E-state index is 0.0653. The Morgan fingerprint density at radius 1 is 1.47 bits per heavy atom. The van der Waals surface area contributed by atoms with E-state index in [1.54, 1.807) is 11.3 Å². The quantitative estimate of drug-likeness (QED) is 0.833. The summed E-state index contributed by atoms with van der Waals surface area (Å²) in [4.78, 5) is 0. The van der Waals surface area contributed by atoms with Crippen LogP contribution in [0.3, 0.4) is 0 Å². The molecule has 0 bridgehead atoms. The van der Waals surface area contributed by atoms with Gasteiger partial charge in [-0.3, -0.25) is 0 Å². The van der Waals surface area contributed by atoms with E-state index in [-0.39, 0.29) is 6.04 Å². The maximum absolute atomic E-state index is 5.42. The minimum Gasteiger partial charge on any atom is -0.406 e. The second-order valence-electron chi connectivity index (χ2n) is 3.09. The summed E-state index contributed by atoms with van der Waals surface area (Å²) in [6.07, 6.45) is 0. The Kier molecular flexibility index (Phi) is 2.98. The first kappa shape index (κ1) is 10.1. The fourth-order valence-corrected chi connectivity index (χ4v) is 1.63. The molecule has 0 radical (unpaired) electrons. The molecule has 0 saturated heterocycles. The van der Waals surface area contributed by atoms with Crippen LogP contribution in [0.1, 0.15) is 18.9 Å². The Bertz CT molecular complexity index is 411. The molecule has 0 fully saturated rings. The van der Waals surface area contributed by atoms with E-state index in [1.807, 2.05) is 30.8 Å². The van der Waals surface area contributed by atoms with Crippen molar-refractivity contribution in [2.24, 2.45) is 0 Å². The highest BCUT2D eigenvalue weighted by Crippen LogP contribution is 2.19. The van der Waals surface area contributed by atoms with E-state index < -0.39 is 0 Å². The summed E-state index contributed by atoms with van der Waals surface area (Å²) < 4.78 is 5.42. The first-order valence-corrected chi connectivity index (χ1v) is 5.54. The van der Waals surface area contributed by atoms with E-state index >= 15 is 0 Å². The van der Waals surface area contributed by atoms with Crippen LogP contribution in [0.2, 0.25) is 0 Å². The van der Waals surface area contributed by atoms with E-state index in [0.29, 0.717) is 11.9 Å². The molecule has 6 heteroatoms. The first-order valence-electron chi connectivity index (χ1n) is 4.59. The van der Waals surface area contributed by atoms with Crippen LogP contribution in [0.4, 0.5) is 11.7 Å². The van der Waals surface area contributed by atoms with Gasteiger partial charge in [-0.05, 0) is 25.4 Å². The van der Waals surface area contributed by atoms with Crippen LogP contribution >= 0.6 is 11.3 Å². The molecule has 2 heterocycles. The van der Waals surface area contributed by atoms with Crippen molar-refractivity contribution in [2.75, 3.05) is 12.4 Å². The highest BCUT2D eigenvalue weighted by atomic mass is 32.1. The van der Waals surface area contributed by atoms with E-state index in [4.69, 9.17) is 4.42 Å². The van der Waals surface area contributed by atoms with Crippen LogP contribution < -0.4 is 10.6 Å². The van der Waals surface area contributed by atoms with Crippen LogP contribution in [0.25, 0.3) is 0 Å². The Morgan fingerprint density at radius 2 is 2.33 bits per heavy atom. The number of thiophene rings is 1. The van der Waals surface area contributed by atoms with Crippen molar-refractivity contribution in [3.8, 4) is 0 Å². The largest absolute Gasteiger partial charge is 0.406 e. The zero-order chi connectivity index (χ0) is 10.7. The maximum Gasteiger partial charge on any atom is 0.320 e. The SMILES string of the molecule is CNC(C)c1nnc(Nc2ccsc2)o1. The standard InChI is InChI=1S/C9H12N4OS/c1-6(10-2)8-12-13-9(14-8)11-7-3-4-15-5-7/h3-6,10H,1-2H3,(H,11,13). The number of hydrogen-bond donors (Lipinski definition) is 2. The molecule has 2 aromatic heterocycles. The van der Waals surface area contributed by atoms with Crippen molar-refractivity contribution < 1.29 is 4.42 Å². The highest BCUT2D eigenvalue weighted by molar-refractivity contribution is 7.08. The Labute approximate surface area is 91.5 Å². The summed E-state index contributed by atoms with van der Waals surface area (Å²) in [6, 6.07) is 2.44. The fourth-order valence-electron chi connectivity index (χ4n) is 1.04. The predicted octanol–water partition coefficient (Wildman–Crippen LogP) is 2.16. The second-order valence-corrected chi connectivity index (χ2v) is 3.87. The predicted molar refractivity (Wildman–Crippen MR) is 59.4 cm³/mol. The smallest absolute Gasteiger partial charge is 0.320 e. The number of anilines is 2. The Morgan fingerprint density at radius 3 is 3.00 bits per heavy atom. The third-order valence-electron chi connectivity index (χ3n) is 2.02. The topological polar surface area (TPSA) is 63.0 Å². The molecule has 0 aromatic carbocycles. The lowest BCUT2D eigenvalue weighted by Crippen LogP contribution is -2.12. The third kappa shape index (κ3) is 2.34. The summed E-state index contributed by atoms with van der Waals surface area (Å²) in [5.41, 5.74) is 0.965. The maximum atomic E-state index is 5.42. The van der Waals surface area contributed by atoms with Gasteiger partial charge in [-0.25, -0.2) is 0 Å². The highest BCUT2D eigenvalue weighted by Gasteiger charge is 2.11. The van der Waals surface area contributed by atoms with E-state index in [1.165, 1.54) is 0 Å². The van der Waals surface area contributed by atoms with Crippen molar-refractivity contribution in [2.45, 2.75) is 13.0 Å². The van der Waals surface area contributed by atoms with Crippen LogP contribution in [0.5, 0.6) is 0 Å². The van der Waals surface area contributed by atoms with Gasteiger partial charge < -0.3 is 15.1 Å². The van der Waals surface area contributed by atoms with Crippen molar-refractivity contribution in [1.29, 1.82) is 0 Å². The average molecular weight is 224 g/mol. The van der Waals surface area contributed by atoms with Gasteiger partial charge in [0.05, 0.1) is 11.7 Å². The van der Waals surface area contributed by atoms with Crippen LogP contribution in [-0.2, 0) is 0 Å². The van der Waals surface area contributed by atoms with Crippen LogP contribution in [-0.4, -0.2) is 17.2 Å². The molecule has 0 aliphatic rings. The molecule has 2 rings (SSSR count). The number of nitrogens with one attached hydrogen (secondary N) is 2. The molecular weight excluding hydrogens is 212 g/mol. The number of hydrogen-bond acceptors (Lipinski definition) is 6. The van der Waals surface area contributed by atoms with Crippen molar-refractivity contribution >= 4 is 23.0 Å². The van der Waals surface area contributed by atoms with Crippen molar-refractivity contribution in [1.82, 2.24) is 15.5 Å². The molecule has 2 aromatic rings. The van der Waals surface area contributed by atoms with Gasteiger partial charge in [0.1, 0.15) is 0 Å². The fraction of sp³-hybridized carbons (Fsp3) is 0.333. The zero-order valence-electron chi connectivity index (χ0n) is 8.52. The van der Waals surface area contributed by atoms with Gasteiger partial charge in [-0.1, -0.05) is 5.10 Å². The molecule has 0 spiro atoms. The van der Waals surface area contributed by atoms with E-state index in [9.17, 15) is 0 Å². The molecular formula is C9H12N4OS. The molecule has 2 N–H and O–H groups in total. The lowest BCUT2D eigenvalue weighted by Gasteiger charge is -2.02. The molecule has 0 aliphatic carbocycles. The van der Waals surface area contributed by atoms with Gasteiger partial charge >= 0.3 is 6.01 Å². The molecule has 15 heavy (non-hydrogen) atoms. The number of nitrogens with zero attached hydrogens (tertiary/aromatic N) is 2. The van der Waals surface area contributed by atoms with Gasteiger partial charge in [0.2, 0.25) is 5.89 Å². The zero-order valence-corrected chi connectivity index (χ0v) is 9.34. The molecule has 0 aliphatic heterocycles. The van der Waals surface area contributed by atoms with Crippen LogP contribution in [0.15, 0.2) is 21.2 Å². The van der Waals surface area contributed by atoms with Gasteiger partial charge in [0.25, 0.3) is 0 Å². The lowest BCUT2D eigenvalue weighted by atomic mass is 10.3. The monoisotopic (exact) mass is 224 g/mol. The summed E-state index contributed by atoms with van der Waals surface area (Å²) in [6.45, 7) is 1.96. The molecule has 5 nitrogen and oxygen atoms in total. The van der Waals surface area contributed by atoms with Gasteiger partial charge in [0.15, 0.2) is 0 Å². The Hall–Kier alpha value is -1.40. The van der Waals surface area contributed by atoms with Crippen LogP contribution in [0, 0.1) is 0 Å². The molecule has 1 atom stereocenters. The third-order valence-corrected chi connectivity index (χ3v) is 2.70. The van der Waals surface area contributed by atoms with Gasteiger partial charge in [0, 0.05) is 5.38 Å². The number of rotatable bonds is 4. The normalized spacial score (nSPS) is 12.7. The second kappa shape index (κ2) is 4.41. The molecule has 80 valence electrons. The molecule has 0 saturated carbocycles. The minimum atomic E-state index is 0.0653. The van der Waals surface area contributed by atoms with E-state index in [0.717, 1.165) is 5.69 Å². The van der Waals surface area contributed by atoms with Crippen molar-refractivity contribution in [3.63, 3.8) is 0 Å². The average Bonchev–Trinajstić information content (AvgIpc) is 2.88.